The molecule has 90 valence electrons. The smallest absolute Gasteiger partial charge is 0.301 e. The van der Waals surface area contributed by atoms with Crippen LogP contribution in [-0.4, -0.2) is 22.9 Å². The van der Waals surface area contributed by atoms with Crippen LogP contribution in [0.25, 0.3) is 0 Å². The lowest BCUT2D eigenvalue weighted by atomic mass is 10.5. The van der Waals surface area contributed by atoms with E-state index in [1.54, 1.807) is 27.7 Å². The summed E-state index contributed by atoms with van der Waals surface area (Å²) in [5.41, 5.74) is 0. The summed E-state index contributed by atoms with van der Waals surface area (Å²) in [6, 6.07) is 0. The maximum atomic E-state index is 12.1. The minimum absolute atomic E-state index is 0.378. The molecule has 0 rings (SSSR count). The molecule has 0 N–H and O–H groups in total. The van der Waals surface area contributed by atoms with Gasteiger partial charge >= 0.3 is 13.4 Å². The van der Waals surface area contributed by atoms with Crippen LogP contribution < -0.4 is 0 Å². The fourth-order valence-corrected chi connectivity index (χ4v) is 2.71. The van der Waals surface area contributed by atoms with Crippen molar-refractivity contribution in [3.05, 3.63) is 10.1 Å². The zero-order valence-corrected chi connectivity index (χ0v) is 10.6. The molecule has 0 aliphatic carbocycles. The molecule has 0 aliphatic rings. The average Bonchev–Trinajstić information content (AvgIpc) is 1.99. The minimum atomic E-state index is -3.68. The Morgan fingerprint density at radius 2 is 1.40 bits per heavy atom. The Hall–Kier alpha value is -0.450. The zero-order chi connectivity index (χ0) is 12.2. The molecule has 0 spiro atoms. The second kappa shape index (κ2) is 5.58. The molecule has 0 amide bonds. The lowest BCUT2D eigenvalue weighted by Gasteiger charge is -2.22. The van der Waals surface area contributed by atoms with E-state index in [1.165, 1.54) is 6.92 Å². The van der Waals surface area contributed by atoms with Crippen LogP contribution in [-0.2, 0) is 13.6 Å². The summed E-state index contributed by atoms with van der Waals surface area (Å²) in [7, 11) is -3.68. The summed E-state index contributed by atoms with van der Waals surface area (Å²) in [5.74, 6) is -1.35. The van der Waals surface area contributed by atoms with Crippen LogP contribution in [0.15, 0.2) is 0 Å². The van der Waals surface area contributed by atoms with E-state index in [0.717, 1.165) is 0 Å². The average molecular weight is 239 g/mol. The van der Waals surface area contributed by atoms with Gasteiger partial charge in [0.15, 0.2) is 0 Å². The Morgan fingerprint density at radius 1 is 1.07 bits per heavy atom. The Labute approximate surface area is 89.6 Å². The number of nitro groups is 1. The second-order valence-electron chi connectivity index (χ2n) is 3.77. The maximum Gasteiger partial charge on any atom is 0.404 e. The van der Waals surface area contributed by atoms with Crippen LogP contribution in [0, 0.1) is 10.1 Å². The van der Waals surface area contributed by atoms with Crippen molar-refractivity contribution in [3.63, 3.8) is 0 Å². The van der Waals surface area contributed by atoms with Gasteiger partial charge in [-0.3, -0.25) is 14.7 Å². The van der Waals surface area contributed by atoms with E-state index >= 15 is 0 Å². The first-order valence-corrected chi connectivity index (χ1v) is 6.40. The molecule has 0 bridgehead atoms. The fourth-order valence-electron chi connectivity index (χ4n) is 0.904. The van der Waals surface area contributed by atoms with Gasteiger partial charge in [0.2, 0.25) is 0 Å². The Balaban J connectivity index is 4.85. The van der Waals surface area contributed by atoms with Gasteiger partial charge in [-0.25, -0.2) is 0 Å². The largest absolute Gasteiger partial charge is 0.404 e. The predicted octanol–water partition coefficient (Wildman–Crippen LogP) is 2.65. The van der Waals surface area contributed by atoms with Gasteiger partial charge in [0.1, 0.15) is 0 Å². The molecule has 0 aromatic heterocycles. The van der Waals surface area contributed by atoms with Gasteiger partial charge < -0.3 is 9.05 Å². The predicted molar refractivity (Wildman–Crippen MR) is 56.5 cm³/mol. The van der Waals surface area contributed by atoms with Crippen LogP contribution in [0.1, 0.15) is 34.6 Å². The number of nitrogens with zero attached hydrogens (tertiary/aromatic N) is 1. The van der Waals surface area contributed by atoms with Gasteiger partial charge in [-0.2, -0.15) is 0 Å². The topological polar surface area (TPSA) is 78.7 Å². The molecule has 7 heteroatoms. The van der Waals surface area contributed by atoms with Gasteiger partial charge in [0.05, 0.1) is 12.2 Å². The molecular weight excluding hydrogens is 221 g/mol. The first-order chi connectivity index (χ1) is 6.69. The summed E-state index contributed by atoms with van der Waals surface area (Å²) in [6.07, 6.45) is -0.756. The Morgan fingerprint density at radius 3 is 1.60 bits per heavy atom. The summed E-state index contributed by atoms with van der Waals surface area (Å²) in [4.78, 5) is 9.93. The molecule has 1 atom stereocenters. The van der Waals surface area contributed by atoms with Gasteiger partial charge in [-0.15, -0.1) is 0 Å². The molecule has 0 aliphatic heterocycles. The summed E-state index contributed by atoms with van der Waals surface area (Å²) in [5, 5.41) is 10.6. The lowest BCUT2D eigenvalue weighted by molar-refractivity contribution is -0.497. The summed E-state index contributed by atoms with van der Waals surface area (Å²) in [6.45, 7) is 7.85. The SMILES string of the molecule is CC(C)OP(=O)(OC(C)C)C(C)[N+](=O)[O-]. The highest BCUT2D eigenvalue weighted by Gasteiger charge is 2.43. The summed E-state index contributed by atoms with van der Waals surface area (Å²) < 4.78 is 22.2. The van der Waals surface area contributed by atoms with Gasteiger partial charge in [0, 0.05) is 11.8 Å². The molecular formula is C8H18NO5P. The molecule has 0 aromatic rings. The Bertz CT molecular complexity index is 252. The van der Waals surface area contributed by atoms with Crippen LogP contribution in [0.2, 0.25) is 0 Å². The molecule has 0 radical (unpaired) electrons. The lowest BCUT2D eigenvalue weighted by Crippen LogP contribution is -2.22. The standard InChI is InChI=1S/C8H18NO5P/c1-6(2)13-15(12,14-7(3)4)8(5)9(10)11/h6-8H,1-5H3. The normalized spacial score (nSPS) is 14.6. The van der Waals surface area contributed by atoms with E-state index in [4.69, 9.17) is 9.05 Å². The monoisotopic (exact) mass is 239 g/mol. The van der Waals surface area contributed by atoms with Crippen molar-refractivity contribution >= 4 is 7.60 Å². The maximum absolute atomic E-state index is 12.1. The van der Waals surface area contributed by atoms with Crippen molar-refractivity contribution < 1.29 is 18.5 Å². The molecule has 0 fully saturated rings. The molecule has 0 saturated heterocycles. The molecule has 0 saturated carbocycles. The third-order valence-electron chi connectivity index (χ3n) is 1.48. The van der Waals surface area contributed by atoms with Gasteiger partial charge in [-0.05, 0) is 27.7 Å². The van der Waals surface area contributed by atoms with Crippen molar-refractivity contribution in [1.82, 2.24) is 0 Å². The van der Waals surface area contributed by atoms with Crippen molar-refractivity contribution in [2.75, 3.05) is 0 Å². The fraction of sp³-hybridized carbons (Fsp3) is 1.00. The minimum Gasteiger partial charge on any atom is -0.301 e. The quantitative estimate of drug-likeness (QED) is 0.404. The van der Waals surface area contributed by atoms with E-state index in [9.17, 15) is 14.7 Å². The van der Waals surface area contributed by atoms with E-state index < -0.39 is 18.3 Å². The van der Waals surface area contributed by atoms with Crippen molar-refractivity contribution in [3.8, 4) is 0 Å². The molecule has 1 unspecified atom stereocenters. The van der Waals surface area contributed by atoms with Crippen LogP contribution in [0.5, 0.6) is 0 Å². The van der Waals surface area contributed by atoms with E-state index in [-0.39, 0.29) is 12.2 Å². The first-order valence-electron chi connectivity index (χ1n) is 4.79. The number of hydrogen-bond donors (Lipinski definition) is 0. The van der Waals surface area contributed by atoms with Crippen LogP contribution >= 0.6 is 7.60 Å². The third-order valence-corrected chi connectivity index (χ3v) is 4.01. The highest BCUT2D eigenvalue weighted by atomic mass is 31.2. The van der Waals surface area contributed by atoms with Crippen LogP contribution in [0.3, 0.4) is 0 Å². The van der Waals surface area contributed by atoms with Gasteiger partial charge in [0.25, 0.3) is 0 Å². The zero-order valence-electron chi connectivity index (χ0n) is 9.67. The molecule has 15 heavy (non-hydrogen) atoms. The van der Waals surface area contributed by atoms with E-state index in [1.807, 2.05) is 0 Å². The molecule has 0 heterocycles. The molecule has 0 aromatic carbocycles. The first kappa shape index (κ1) is 14.6. The highest BCUT2D eigenvalue weighted by Crippen LogP contribution is 2.54. The van der Waals surface area contributed by atoms with Crippen LogP contribution in [0.4, 0.5) is 0 Å². The highest BCUT2D eigenvalue weighted by molar-refractivity contribution is 7.54. The summed E-state index contributed by atoms with van der Waals surface area (Å²) >= 11 is 0. The van der Waals surface area contributed by atoms with Crippen molar-refractivity contribution in [1.29, 1.82) is 0 Å². The van der Waals surface area contributed by atoms with E-state index in [0.29, 0.717) is 0 Å². The molecule has 6 nitrogen and oxygen atoms in total. The number of rotatable bonds is 6. The van der Waals surface area contributed by atoms with Gasteiger partial charge in [-0.1, -0.05) is 0 Å². The third kappa shape index (κ3) is 4.73. The second-order valence-corrected chi connectivity index (χ2v) is 6.01. The van der Waals surface area contributed by atoms with Crippen molar-refractivity contribution in [2.24, 2.45) is 0 Å². The van der Waals surface area contributed by atoms with E-state index in [2.05, 4.69) is 0 Å². The van der Waals surface area contributed by atoms with Crippen molar-refractivity contribution in [2.45, 2.75) is 52.6 Å². The number of hydrogen-bond acceptors (Lipinski definition) is 5. The Kier molecular flexibility index (Phi) is 5.42.